The maximum absolute atomic E-state index is 12.5. The maximum Gasteiger partial charge on any atom is 0.338 e. The van der Waals surface area contributed by atoms with E-state index in [1.54, 1.807) is 47.0 Å². The molecular weight excluding hydrogens is 368 g/mol. The largest absolute Gasteiger partial charge is 0.490 e. The zero-order valence-electron chi connectivity index (χ0n) is 14.5. The Morgan fingerprint density at radius 3 is 2.78 bits per heavy atom. The minimum atomic E-state index is -0.473. The van der Waals surface area contributed by atoms with E-state index in [0.29, 0.717) is 33.8 Å². The van der Waals surface area contributed by atoms with Crippen LogP contribution in [0.3, 0.4) is 0 Å². The number of halogens is 1. The van der Waals surface area contributed by atoms with Gasteiger partial charge in [0.25, 0.3) is 5.56 Å². The molecule has 7 heteroatoms. The van der Waals surface area contributed by atoms with Crippen molar-refractivity contribution >= 4 is 28.5 Å². The fourth-order valence-corrected chi connectivity index (χ4v) is 3.24. The first-order valence-corrected chi connectivity index (χ1v) is 9.08. The first-order chi connectivity index (χ1) is 13.1. The highest BCUT2D eigenvalue weighted by molar-refractivity contribution is 6.30. The highest BCUT2D eigenvalue weighted by Crippen LogP contribution is 2.17. The van der Waals surface area contributed by atoms with Crippen LogP contribution in [0.2, 0.25) is 5.02 Å². The van der Waals surface area contributed by atoms with Crippen molar-refractivity contribution in [2.75, 3.05) is 13.2 Å². The highest BCUT2D eigenvalue weighted by atomic mass is 35.5. The smallest absolute Gasteiger partial charge is 0.338 e. The Labute approximate surface area is 160 Å². The van der Waals surface area contributed by atoms with Gasteiger partial charge < -0.3 is 9.47 Å². The number of benzene rings is 2. The molecule has 0 fully saturated rings. The summed E-state index contributed by atoms with van der Waals surface area (Å²) >= 11 is 5.81. The van der Waals surface area contributed by atoms with Crippen molar-refractivity contribution in [2.24, 2.45) is 0 Å². The Bertz CT molecular complexity index is 1060. The summed E-state index contributed by atoms with van der Waals surface area (Å²) in [5.74, 6) is 0.952. The molecule has 2 heterocycles. The lowest BCUT2D eigenvalue weighted by atomic mass is 10.1. The molecule has 0 amide bonds. The highest BCUT2D eigenvalue weighted by Gasteiger charge is 2.17. The van der Waals surface area contributed by atoms with E-state index in [4.69, 9.17) is 21.1 Å². The van der Waals surface area contributed by atoms with Gasteiger partial charge in [-0.2, -0.15) is 0 Å². The first-order valence-electron chi connectivity index (χ1n) is 8.71. The number of aryl methyl sites for hydroxylation is 1. The molecule has 1 aliphatic heterocycles. The number of fused-ring (bicyclic) bond motifs is 2. The van der Waals surface area contributed by atoms with Crippen LogP contribution in [0.5, 0.6) is 5.75 Å². The number of rotatable bonds is 5. The van der Waals surface area contributed by atoms with E-state index < -0.39 is 5.97 Å². The lowest BCUT2D eigenvalue weighted by molar-refractivity contribution is 0.0450. The number of carbonyl (C=O) groups is 1. The second-order valence-electron chi connectivity index (χ2n) is 6.26. The van der Waals surface area contributed by atoms with Crippen LogP contribution in [0, 0.1) is 0 Å². The van der Waals surface area contributed by atoms with E-state index in [1.165, 1.54) is 0 Å². The Morgan fingerprint density at radius 1 is 1.15 bits per heavy atom. The van der Waals surface area contributed by atoms with Gasteiger partial charge >= 0.3 is 5.97 Å². The summed E-state index contributed by atoms with van der Waals surface area (Å²) < 4.78 is 12.4. The lowest BCUT2D eigenvalue weighted by Crippen LogP contribution is -2.21. The van der Waals surface area contributed by atoms with Crippen molar-refractivity contribution in [3.8, 4) is 5.75 Å². The van der Waals surface area contributed by atoms with Gasteiger partial charge in [0, 0.05) is 18.0 Å². The molecule has 0 unspecified atom stereocenters. The number of carbonyl (C=O) groups excluding carboxylic acids is 1. The number of nitrogens with zero attached hydrogens (tertiary/aromatic N) is 2. The van der Waals surface area contributed by atoms with Gasteiger partial charge in [0.15, 0.2) is 0 Å². The van der Waals surface area contributed by atoms with Crippen molar-refractivity contribution in [3.63, 3.8) is 0 Å². The fourth-order valence-electron chi connectivity index (χ4n) is 3.12. The van der Waals surface area contributed by atoms with Crippen LogP contribution in [0.25, 0.3) is 10.9 Å². The molecule has 0 saturated heterocycles. The second-order valence-corrected chi connectivity index (χ2v) is 6.70. The average molecular weight is 385 g/mol. The molecule has 0 N–H and O–H groups in total. The molecule has 1 aliphatic rings. The van der Waals surface area contributed by atoms with Crippen molar-refractivity contribution in [2.45, 2.75) is 19.4 Å². The molecule has 27 heavy (non-hydrogen) atoms. The Balaban J connectivity index is 1.41. The maximum atomic E-state index is 12.5. The van der Waals surface area contributed by atoms with Crippen LogP contribution >= 0.6 is 11.6 Å². The minimum absolute atomic E-state index is 0.0521. The first kappa shape index (κ1) is 17.5. The van der Waals surface area contributed by atoms with Crippen LogP contribution in [0.4, 0.5) is 0 Å². The molecule has 0 atom stereocenters. The quantitative estimate of drug-likeness (QED) is 0.499. The van der Waals surface area contributed by atoms with Crippen molar-refractivity contribution in [1.82, 2.24) is 9.55 Å². The Morgan fingerprint density at radius 2 is 1.96 bits per heavy atom. The molecule has 1 aromatic heterocycles. The third-order valence-electron chi connectivity index (χ3n) is 4.45. The third kappa shape index (κ3) is 3.66. The molecule has 0 bridgehead atoms. The standard InChI is InChI=1S/C20H17ClN2O4/c21-14-4-6-15(7-5-14)26-10-11-27-20(25)13-3-8-16-17(12-13)22-18-2-1-9-23(18)19(16)24/h3-8,12H,1-2,9-11H2. The van der Waals surface area contributed by atoms with Crippen molar-refractivity contribution in [3.05, 3.63) is 69.2 Å². The zero-order chi connectivity index (χ0) is 18.8. The summed E-state index contributed by atoms with van der Waals surface area (Å²) in [6, 6.07) is 11.8. The van der Waals surface area contributed by atoms with Gasteiger partial charge in [-0.15, -0.1) is 0 Å². The fraction of sp³-hybridized carbons (Fsp3) is 0.250. The van der Waals surface area contributed by atoms with Crippen LogP contribution < -0.4 is 10.3 Å². The van der Waals surface area contributed by atoms with Gasteiger partial charge in [-0.1, -0.05) is 11.6 Å². The summed E-state index contributed by atoms with van der Waals surface area (Å²) in [5.41, 5.74) is 0.840. The van der Waals surface area contributed by atoms with Crippen LogP contribution in [-0.4, -0.2) is 28.7 Å². The number of ether oxygens (including phenoxy) is 2. The summed E-state index contributed by atoms with van der Waals surface area (Å²) in [7, 11) is 0. The minimum Gasteiger partial charge on any atom is -0.490 e. The molecular formula is C20H17ClN2O4. The topological polar surface area (TPSA) is 70.4 Å². The van der Waals surface area contributed by atoms with Crippen molar-refractivity contribution < 1.29 is 14.3 Å². The summed E-state index contributed by atoms with van der Waals surface area (Å²) in [5, 5.41) is 1.15. The predicted octanol–water partition coefficient (Wildman–Crippen LogP) is 3.23. The summed E-state index contributed by atoms with van der Waals surface area (Å²) in [4.78, 5) is 29.2. The van der Waals surface area contributed by atoms with E-state index in [0.717, 1.165) is 18.7 Å². The molecule has 2 aromatic carbocycles. The lowest BCUT2D eigenvalue weighted by Gasteiger charge is -2.09. The predicted molar refractivity (Wildman–Crippen MR) is 102 cm³/mol. The SMILES string of the molecule is O=C(OCCOc1ccc(Cl)cc1)c1ccc2c(=O)n3c(nc2c1)CCC3. The van der Waals surface area contributed by atoms with E-state index in [9.17, 15) is 9.59 Å². The molecule has 0 radical (unpaired) electrons. The molecule has 0 aliphatic carbocycles. The molecule has 3 aromatic rings. The molecule has 4 rings (SSSR count). The molecule has 138 valence electrons. The van der Waals surface area contributed by atoms with Gasteiger partial charge in [0.1, 0.15) is 24.8 Å². The van der Waals surface area contributed by atoms with Crippen molar-refractivity contribution in [1.29, 1.82) is 0 Å². The number of aromatic nitrogens is 2. The second kappa shape index (κ2) is 7.40. The molecule has 0 spiro atoms. The van der Waals surface area contributed by atoms with Crippen LogP contribution in [-0.2, 0) is 17.7 Å². The third-order valence-corrected chi connectivity index (χ3v) is 4.70. The summed E-state index contributed by atoms with van der Waals surface area (Å²) in [6.07, 6.45) is 1.70. The number of hydrogen-bond donors (Lipinski definition) is 0. The normalized spacial score (nSPS) is 12.8. The average Bonchev–Trinajstić information content (AvgIpc) is 3.15. The zero-order valence-corrected chi connectivity index (χ0v) is 15.2. The van der Waals surface area contributed by atoms with Gasteiger partial charge in [-0.3, -0.25) is 9.36 Å². The van der Waals surface area contributed by atoms with Crippen LogP contribution in [0.15, 0.2) is 47.3 Å². The Kier molecular flexibility index (Phi) is 4.81. The Hall–Kier alpha value is -2.86. The van der Waals surface area contributed by atoms with E-state index >= 15 is 0 Å². The number of hydrogen-bond acceptors (Lipinski definition) is 5. The van der Waals surface area contributed by atoms with Crippen LogP contribution in [0.1, 0.15) is 22.6 Å². The van der Waals surface area contributed by atoms with E-state index in [-0.39, 0.29) is 18.8 Å². The number of esters is 1. The van der Waals surface area contributed by atoms with E-state index in [2.05, 4.69) is 4.98 Å². The van der Waals surface area contributed by atoms with Gasteiger partial charge in [0.05, 0.1) is 16.5 Å². The van der Waals surface area contributed by atoms with Gasteiger partial charge in [-0.25, -0.2) is 9.78 Å². The molecule has 6 nitrogen and oxygen atoms in total. The summed E-state index contributed by atoms with van der Waals surface area (Å²) in [6.45, 7) is 1.04. The monoisotopic (exact) mass is 384 g/mol. The molecule has 0 saturated carbocycles. The van der Waals surface area contributed by atoms with Gasteiger partial charge in [-0.05, 0) is 48.9 Å². The van der Waals surface area contributed by atoms with Gasteiger partial charge in [0.2, 0.25) is 0 Å². The van der Waals surface area contributed by atoms with E-state index in [1.807, 2.05) is 0 Å².